The molecule has 19 heavy (non-hydrogen) atoms. The van der Waals surface area contributed by atoms with Crippen molar-refractivity contribution in [1.29, 1.82) is 0 Å². The number of hydrogen-bond acceptors (Lipinski definition) is 2. The fourth-order valence-corrected chi connectivity index (χ4v) is 3.51. The fourth-order valence-electron chi connectivity index (χ4n) is 3.04. The number of benzene rings is 1. The maximum absolute atomic E-state index is 11.7. The lowest BCUT2D eigenvalue weighted by Gasteiger charge is -2.21. The molecule has 1 saturated heterocycles. The number of likely N-dealkylation sites (N-methyl/N-ethyl adjacent to an activating group) is 1. The van der Waals surface area contributed by atoms with Crippen LogP contribution in [-0.2, 0) is 16.0 Å². The van der Waals surface area contributed by atoms with Crippen molar-refractivity contribution >= 4 is 23.2 Å². The largest absolute Gasteiger partial charge is 0.378 e. The average molecular weight is 280 g/mol. The Labute approximate surface area is 118 Å². The maximum Gasteiger partial charge on any atom is 0.231 e. The monoisotopic (exact) mass is 279 g/mol. The van der Waals surface area contributed by atoms with Gasteiger partial charge in [0.15, 0.2) is 0 Å². The van der Waals surface area contributed by atoms with Gasteiger partial charge in [-0.1, -0.05) is 12.1 Å². The van der Waals surface area contributed by atoms with Gasteiger partial charge in [-0.05, 0) is 30.5 Å². The lowest BCUT2D eigenvalue weighted by atomic mass is 9.92. The first-order valence-electron chi connectivity index (χ1n) is 6.73. The summed E-state index contributed by atoms with van der Waals surface area (Å²) in [5.74, 6) is 0.505. The predicted molar refractivity (Wildman–Crippen MR) is 75.7 cm³/mol. The number of carbonyl (C=O) groups excluding carboxylic acids is 1. The Morgan fingerprint density at radius 1 is 1.47 bits per heavy atom. The van der Waals surface area contributed by atoms with E-state index in [1.54, 1.807) is 4.90 Å². The number of halogens is 1. The number of rotatable bonds is 2. The van der Waals surface area contributed by atoms with Crippen LogP contribution in [0.25, 0.3) is 0 Å². The van der Waals surface area contributed by atoms with Gasteiger partial charge in [-0.25, -0.2) is 0 Å². The first-order valence-corrected chi connectivity index (χ1v) is 7.16. The molecular weight excluding hydrogens is 262 g/mol. The standard InChI is InChI=1S/C15H18ClNO2/c1-9-12(5-6-19-9)15(16)10-3-4-13-11(7-10)8-14(18)17(13)2/h3-4,7,9,12,15H,5-6,8H2,1-2H3. The van der Waals surface area contributed by atoms with Gasteiger partial charge in [0.1, 0.15) is 0 Å². The molecule has 2 aliphatic heterocycles. The highest BCUT2D eigenvalue weighted by atomic mass is 35.5. The molecule has 0 aromatic heterocycles. The molecule has 102 valence electrons. The van der Waals surface area contributed by atoms with Crippen molar-refractivity contribution in [3.63, 3.8) is 0 Å². The van der Waals surface area contributed by atoms with Crippen molar-refractivity contribution in [2.45, 2.75) is 31.2 Å². The SMILES string of the molecule is CC1OCCC1C(Cl)c1ccc2c(c1)CC(=O)N2C. The second-order valence-electron chi connectivity index (χ2n) is 5.45. The molecule has 0 aliphatic carbocycles. The van der Waals surface area contributed by atoms with Crippen LogP contribution in [0.5, 0.6) is 0 Å². The third-order valence-electron chi connectivity index (χ3n) is 4.31. The van der Waals surface area contributed by atoms with Crippen LogP contribution in [0.4, 0.5) is 5.69 Å². The quantitative estimate of drug-likeness (QED) is 0.779. The van der Waals surface area contributed by atoms with E-state index >= 15 is 0 Å². The van der Waals surface area contributed by atoms with Crippen LogP contribution < -0.4 is 4.90 Å². The maximum atomic E-state index is 11.7. The first-order chi connectivity index (χ1) is 9.08. The van der Waals surface area contributed by atoms with Gasteiger partial charge in [-0.2, -0.15) is 0 Å². The summed E-state index contributed by atoms with van der Waals surface area (Å²) in [5.41, 5.74) is 3.20. The summed E-state index contributed by atoms with van der Waals surface area (Å²) < 4.78 is 5.59. The molecule has 2 heterocycles. The van der Waals surface area contributed by atoms with Crippen LogP contribution in [0.2, 0.25) is 0 Å². The minimum Gasteiger partial charge on any atom is -0.378 e. The number of ether oxygens (including phenoxy) is 1. The van der Waals surface area contributed by atoms with Gasteiger partial charge in [0.2, 0.25) is 5.91 Å². The highest BCUT2D eigenvalue weighted by molar-refractivity contribution is 6.21. The number of carbonyl (C=O) groups is 1. The van der Waals surface area contributed by atoms with Crippen molar-refractivity contribution in [3.8, 4) is 0 Å². The van der Waals surface area contributed by atoms with E-state index < -0.39 is 0 Å². The molecule has 1 amide bonds. The van der Waals surface area contributed by atoms with Crippen molar-refractivity contribution < 1.29 is 9.53 Å². The minimum absolute atomic E-state index is 0.0381. The van der Waals surface area contributed by atoms with E-state index in [9.17, 15) is 4.79 Å². The average Bonchev–Trinajstić information content (AvgIpc) is 2.93. The van der Waals surface area contributed by atoms with Crippen LogP contribution in [0.3, 0.4) is 0 Å². The summed E-state index contributed by atoms with van der Waals surface area (Å²) in [7, 11) is 1.82. The molecular formula is C15H18ClNO2. The molecule has 3 nitrogen and oxygen atoms in total. The molecule has 3 unspecified atom stereocenters. The number of anilines is 1. The van der Waals surface area contributed by atoms with Crippen LogP contribution in [0.15, 0.2) is 18.2 Å². The molecule has 1 aromatic rings. The normalized spacial score (nSPS) is 27.7. The number of amides is 1. The summed E-state index contributed by atoms with van der Waals surface area (Å²) in [5, 5.41) is -0.0381. The van der Waals surface area contributed by atoms with Crippen molar-refractivity contribution in [1.82, 2.24) is 0 Å². The molecule has 1 aromatic carbocycles. The Bertz CT molecular complexity index is 517. The zero-order valence-corrected chi connectivity index (χ0v) is 12.0. The van der Waals surface area contributed by atoms with Gasteiger partial charge < -0.3 is 9.64 Å². The summed E-state index contributed by atoms with van der Waals surface area (Å²) in [4.78, 5) is 13.4. The van der Waals surface area contributed by atoms with E-state index in [4.69, 9.17) is 16.3 Å². The molecule has 0 N–H and O–H groups in total. The van der Waals surface area contributed by atoms with E-state index in [-0.39, 0.29) is 17.4 Å². The molecule has 2 aliphatic rings. The molecule has 3 rings (SSSR count). The van der Waals surface area contributed by atoms with Gasteiger partial charge in [-0.3, -0.25) is 4.79 Å². The molecule has 1 fully saturated rings. The van der Waals surface area contributed by atoms with E-state index in [1.807, 2.05) is 19.2 Å². The first kappa shape index (κ1) is 12.9. The van der Waals surface area contributed by atoms with E-state index in [0.717, 1.165) is 29.8 Å². The zero-order chi connectivity index (χ0) is 13.6. The number of nitrogens with zero attached hydrogens (tertiary/aromatic N) is 1. The van der Waals surface area contributed by atoms with Crippen molar-refractivity contribution in [2.24, 2.45) is 5.92 Å². The van der Waals surface area contributed by atoms with E-state index in [0.29, 0.717) is 12.3 Å². The number of fused-ring (bicyclic) bond motifs is 1. The summed E-state index contributed by atoms with van der Waals surface area (Å²) in [6.07, 6.45) is 1.70. The minimum atomic E-state index is -0.0381. The van der Waals surface area contributed by atoms with Crippen LogP contribution in [0.1, 0.15) is 29.8 Å². The van der Waals surface area contributed by atoms with Crippen LogP contribution >= 0.6 is 11.6 Å². The number of hydrogen-bond donors (Lipinski definition) is 0. The van der Waals surface area contributed by atoms with E-state index in [2.05, 4.69) is 13.0 Å². The highest BCUT2D eigenvalue weighted by Gasteiger charge is 2.33. The molecule has 3 atom stereocenters. The van der Waals surface area contributed by atoms with Gasteiger partial charge in [0.25, 0.3) is 0 Å². The third-order valence-corrected chi connectivity index (χ3v) is 4.89. The summed E-state index contributed by atoms with van der Waals surface area (Å²) in [6.45, 7) is 2.87. The fraction of sp³-hybridized carbons (Fsp3) is 0.533. The van der Waals surface area contributed by atoms with E-state index in [1.165, 1.54) is 0 Å². The van der Waals surface area contributed by atoms with Crippen molar-refractivity contribution in [2.75, 3.05) is 18.6 Å². The Morgan fingerprint density at radius 3 is 2.95 bits per heavy atom. The molecule has 0 bridgehead atoms. The van der Waals surface area contributed by atoms with Gasteiger partial charge in [0, 0.05) is 25.3 Å². The van der Waals surface area contributed by atoms with Gasteiger partial charge in [0.05, 0.1) is 17.9 Å². The Morgan fingerprint density at radius 2 is 2.26 bits per heavy atom. The predicted octanol–water partition coefficient (Wildman–Crippen LogP) is 2.91. The Kier molecular flexibility index (Phi) is 3.27. The molecule has 0 saturated carbocycles. The van der Waals surface area contributed by atoms with Crippen molar-refractivity contribution in [3.05, 3.63) is 29.3 Å². The Hall–Kier alpha value is -1.06. The lowest BCUT2D eigenvalue weighted by molar-refractivity contribution is -0.117. The van der Waals surface area contributed by atoms with Crippen LogP contribution in [0, 0.1) is 5.92 Å². The zero-order valence-electron chi connectivity index (χ0n) is 11.2. The summed E-state index contributed by atoms with van der Waals surface area (Å²) in [6, 6.07) is 6.13. The molecule has 0 radical (unpaired) electrons. The highest BCUT2D eigenvalue weighted by Crippen LogP contribution is 2.40. The topological polar surface area (TPSA) is 29.5 Å². The van der Waals surface area contributed by atoms with Gasteiger partial charge in [-0.15, -0.1) is 11.6 Å². The van der Waals surface area contributed by atoms with Gasteiger partial charge >= 0.3 is 0 Å². The molecule has 0 spiro atoms. The number of alkyl halides is 1. The van der Waals surface area contributed by atoms with Crippen LogP contribution in [-0.4, -0.2) is 25.7 Å². The smallest absolute Gasteiger partial charge is 0.231 e. The second kappa shape index (κ2) is 4.80. The lowest BCUT2D eigenvalue weighted by Crippen LogP contribution is -2.20. The Balaban J connectivity index is 1.87. The second-order valence-corrected chi connectivity index (χ2v) is 5.92. The summed E-state index contributed by atoms with van der Waals surface area (Å²) >= 11 is 6.60. The molecule has 4 heteroatoms. The third kappa shape index (κ3) is 2.15.